The summed E-state index contributed by atoms with van der Waals surface area (Å²) in [6.07, 6.45) is -0.741. The zero-order valence-electron chi connectivity index (χ0n) is 5.75. The highest BCUT2D eigenvalue weighted by Crippen LogP contribution is 1.81. The Hall–Kier alpha value is -1.26. The van der Waals surface area contributed by atoms with Crippen molar-refractivity contribution in [2.75, 3.05) is 7.11 Å². The van der Waals surface area contributed by atoms with Crippen molar-refractivity contribution in [1.29, 1.82) is 0 Å². The lowest BCUT2D eigenvalue weighted by Gasteiger charge is -2.06. The molecule has 0 bridgehead atoms. The fourth-order valence-corrected chi connectivity index (χ4v) is 0.297. The molecule has 0 fully saturated rings. The molecule has 5 heteroatoms. The van der Waals surface area contributed by atoms with Crippen molar-refractivity contribution >= 4 is 12.1 Å². The molecule has 0 rings (SSSR count). The number of ether oxygens (including phenoxy) is 1. The van der Waals surface area contributed by atoms with Gasteiger partial charge >= 0.3 is 12.1 Å². The van der Waals surface area contributed by atoms with E-state index in [-0.39, 0.29) is 0 Å². The minimum atomic E-state index is -1.09. The lowest BCUT2D eigenvalue weighted by Crippen LogP contribution is -2.38. The van der Waals surface area contributed by atoms with Crippen LogP contribution in [0.3, 0.4) is 0 Å². The third kappa shape index (κ3) is 2.91. The second-order valence-electron chi connectivity index (χ2n) is 1.70. The van der Waals surface area contributed by atoms with Crippen molar-refractivity contribution in [2.45, 2.75) is 13.0 Å². The highest BCUT2D eigenvalue weighted by atomic mass is 16.5. The number of aliphatic carboxylic acids is 1. The third-order valence-corrected chi connectivity index (χ3v) is 0.890. The van der Waals surface area contributed by atoms with Crippen LogP contribution in [-0.4, -0.2) is 30.3 Å². The van der Waals surface area contributed by atoms with Crippen LogP contribution in [0.1, 0.15) is 6.92 Å². The summed E-state index contributed by atoms with van der Waals surface area (Å²) in [4.78, 5) is 20.4. The molecule has 0 heterocycles. The van der Waals surface area contributed by atoms with Gasteiger partial charge in [0, 0.05) is 0 Å². The highest BCUT2D eigenvalue weighted by Gasteiger charge is 2.12. The summed E-state index contributed by atoms with van der Waals surface area (Å²) in [5.41, 5.74) is 0. The molecular formula is C5H9NO4. The lowest BCUT2D eigenvalue weighted by atomic mass is 10.4. The Morgan fingerprint density at radius 3 is 2.40 bits per heavy atom. The second-order valence-corrected chi connectivity index (χ2v) is 1.70. The molecule has 0 aliphatic rings. The predicted octanol–water partition coefficient (Wildman–Crippen LogP) is -0.185. The molecule has 0 aromatic heterocycles. The fourth-order valence-electron chi connectivity index (χ4n) is 0.297. The van der Waals surface area contributed by atoms with Crippen LogP contribution in [0, 0.1) is 0 Å². The lowest BCUT2D eigenvalue weighted by molar-refractivity contribution is -0.138. The average molecular weight is 147 g/mol. The van der Waals surface area contributed by atoms with Crippen LogP contribution >= 0.6 is 0 Å². The van der Waals surface area contributed by atoms with E-state index < -0.39 is 18.1 Å². The Labute approximate surface area is 58.0 Å². The SMILES string of the molecule is COC(=O)N[C@@H](C)C(=O)O. The Morgan fingerprint density at radius 2 is 2.10 bits per heavy atom. The van der Waals surface area contributed by atoms with Crippen molar-refractivity contribution in [3.05, 3.63) is 0 Å². The largest absolute Gasteiger partial charge is 0.480 e. The Kier molecular flexibility index (Phi) is 3.24. The standard InChI is InChI=1S/C5H9NO4/c1-3(4(7)8)6-5(9)10-2/h3H,1-2H3,(H,6,9)(H,7,8)/t3-/m0/s1. The van der Waals surface area contributed by atoms with E-state index in [2.05, 4.69) is 10.1 Å². The van der Waals surface area contributed by atoms with Gasteiger partial charge in [0.25, 0.3) is 0 Å². The van der Waals surface area contributed by atoms with Crippen LogP contribution in [0.25, 0.3) is 0 Å². The molecule has 0 aliphatic heterocycles. The van der Waals surface area contributed by atoms with Gasteiger partial charge in [0.15, 0.2) is 0 Å². The molecule has 0 unspecified atom stereocenters. The summed E-state index contributed by atoms with van der Waals surface area (Å²) in [5, 5.41) is 10.3. The normalized spacial score (nSPS) is 11.8. The minimum absolute atomic E-state index is 0.741. The molecule has 0 saturated heterocycles. The molecule has 0 spiro atoms. The van der Waals surface area contributed by atoms with Gasteiger partial charge in [0.05, 0.1) is 7.11 Å². The zero-order chi connectivity index (χ0) is 8.15. The maximum Gasteiger partial charge on any atom is 0.407 e. The smallest absolute Gasteiger partial charge is 0.407 e. The van der Waals surface area contributed by atoms with E-state index in [1.54, 1.807) is 0 Å². The number of hydrogen-bond acceptors (Lipinski definition) is 3. The quantitative estimate of drug-likeness (QED) is 0.567. The monoisotopic (exact) mass is 147 g/mol. The van der Waals surface area contributed by atoms with Gasteiger partial charge < -0.3 is 15.2 Å². The Bertz CT molecular complexity index is 145. The van der Waals surface area contributed by atoms with Gasteiger partial charge in [-0.15, -0.1) is 0 Å². The molecule has 0 aromatic carbocycles. The van der Waals surface area contributed by atoms with Crippen molar-refractivity contribution in [3.8, 4) is 0 Å². The summed E-state index contributed by atoms with van der Waals surface area (Å²) in [5.74, 6) is -1.09. The number of amides is 1. The molecule has 58 valence electrons. The van der Waals surface area contributed by atoms with Crippen LogP contribution in [0.15, 0.2) is 0 Å². The molecule has 0 aromatic rings. The van der Waals surface area contributed by atoms with Gasteiger partial charge in [-0.2, -0.15) is 0 Å². The van der Waals surface area contributed by atoms with E-state index >= 15 is 0 Å². The van der Waals surface area contributed by atoms with Gasteiger partial charge in [0.2, 0.25) is 0 Å². The van der Waals surface area contributed by atoms with E-state index in [4.69, 9.17) is 5.11 Å². The van der Waals surface area contributed by atoms with Crippen LogP contribution in [-0.2, 0) is 9.53 Å². The first kappa shape index (κ1) is 8.74. The molecule has 1 amide bonds. The molecule has 5 nitrogen and oxygen atoms in total. The first-order valence-electron chi connectivity index (χ1n) is 2.65. The summed E-state index contributed by atoms with van der Waals surface area (Å²) in [6.45, 7) is 1.35. The van der Waals surface area contributed by atoms with Gasteiger partial charge in [-0.1, -0.05) is 0 Å². The van der Waals surface area contributed by atoms with Gasteiger partial charge in [-0.25, -0.2) is 4.79 Å². The van der Waals surface area contributed by atoms with E-state index in [1.165, 1.54) is 14.0 Å². The summed E-state index contributed by atoms with van der Waals surface area (Å²) in [7, 11) is 1.17. The third-order valence-electron chi connectivity index (χ3n) is 0.890. The number of carbonyl (C=O) groups is 2. The van der Waals surface area contributed by atoms with Gasteiger partial charge in [-0.05, 0) is 6.92 Å². The summed E-state index contributed by atoms with van der Waals surface area (Å²) >= 11 is 0. The summed E-state index contributed by atoms with van der Waals surface area (Å²) < 4.78 is 4.16. The van der Waals surface area contributed by atoms with Crippen molar-refractivity contribution in [2.24, 2.45) is 0 Å². The number of carbonyl (C=O) groups excluding carboxylic acids is 1. The van der Waals surface area contributed by atoms with Crippen molar-refractivity contribution < 1.29 is 19.4 Å². The van der Waals surface area contributed by atoms with Crippen LogP contribution in [0.5, 0.6) is 0 Å². The second kappa shape index (κ2) is 3.71. The van der Waals surface area contributed by atoms with E-state index in [9.17, 15) is 9.59 Å². The van der Waals surface area contributed by atoms with Crippen molar-refractivity contribution in [3.63, 3.8) is 0 Å². The van der Waals surface area contributed by atoms with Crippen LogP contribution in [0.4, 0.5) is 4.79 Å². The highest BCUT2D eigenvalue weighted by molar-refractivity contribution is 5.79. The summed E-state index contributed by atoms with van der Waals surface area (Å²) in [6, 6.07) is -0.910. The van der Waals surface area contributed by atoms with Crippen LogP contribution in [0.2, 0.25) is 0 Å². The molecule has 0 saturated carbocycles. The maximum atomic E-state index is 10.3. The van der Waals surface area contributed by atoms with Gasteiger partial charge in [0.1, 0.15) is 6.04 Å². The van der Waals surface area contributed by atoms with Crippen LogP contribution < -0.4 is 5.32 Å². The number of hydrogen-bond donors (Lipinski definition) is 2. The van der Waals surface area contributed by atoms with E-state index in [0.717, 1.165) is 0 Å². The first-order valence-corrected chi connectivity index (χ1v) is 2.65. The molecule has 1 atom stereocenters. The fraction of sp³-hybridized carbons (Fsp3) is 0.600. The number of carboxylic acid groups (broad SMARTS) is 1. The molecule has 0 aliphatic carbocycles. The first-order chi connectivity index (χ1) is 4.57. The Balaban J connectivity index is 3.68. The number of nitrogens with one attached hydrogen (secondary N) is 1. The molecular weight excluding hydrogens is 138 g/mol. The maximum absolute atomic E-state index is 10.3. The van der Waals surface area contributed by atoms with E-state index in [1.807, 2.05) is 0 Å². The zero-order valence-corrected chi connectivity index (χ0v) is 5.75. The average Bonchev–Trinajstić information content (AvgIpc) is 1.87. The number of rotatable bonds is 2. The molecule has 0 radical (unpaired) electrons. The number of carboxylic acids is 1. The predicted molar refractivity (Wildman–Crippen MR) is 32.6 cm³/mol. The minimum Gasteiger partial charge on any atom is -0.480 e. The van der Waals surface area contributed by atoms with Crippen molar-refractivity contribution in [1.82, 2.24) is 5.32 Å². The topological polar surface area (TPSA) is 75.6 Å². The van der Waals surface area contributed by atoms with E-state index in [0.29, 0.717) is 0 Å². The molecule has 2 N–H and O–H groups in total. The molecule has 10 heavy (non-hydrogen) atoms. The van der Waals surface area contributed by atoms with Gasteiger partial charge in [-0.3, -0.25) is 4.79 Å². The Morgan fingerprint density at radius 1 is 1.60 bits per heavy atom. The number of methoxy groups -OCH3 is 1. The number of alkyl carbamates (subject to hydrolysis) is 1.